The normalized spacial score (nSPS) is 16.6. The van der Waals surface area contributed by atoms with Crippen molar-refractivity contribution in [3.05, 3.63) is 174 Å². The molecule has 1 fully saturated rings. The molecule has 2 aliphatic rings. The first-order valence-corrected chi connectivity index (χ1v) is 17.5. The number of likely N-dealkylation sites (N-methyl/N-ethyl adjacent to an activating group) is 1. The highest BCUT2D eigenvalue weighted by Crippen LogP contribution is 2.56. The maximum atomic E-state index is 11.9. The number of nitrogens with zero attached hydrogens (tertiary/aromatic N) is 2. The fourth-order valence-corrected chi connectivity index (χ4v) is 8.62. The first-order chi connectivity index (χ1) is 22.6. The molecule has 0 saturated heterocycles. The van der Waals surface area contributed by atoms with Crippen LogP contribution in [0.2, 0.25) is 5.02 Å². The van der Waals surface area contributed by atoms with Gasteiger partial charge >= 0.3 is 0 Å². The van der Waals surface area contributed by atoms with E-state index < -0.39 is 5.41 Å². The average molecular weight is 708 g/mol. The van der Waals surface area contributed by atoms with Crippen LogP contribution in [0.5, 0.6) is 0 Å². The summed E-state index contributed by atoms with van der Waals surface area (Å²) >= 11 is 10.2. The molecule has 6 heteroatoms. The topological polar surface area (TPSA) is 46.4 Å². The Labute approximate surface area is 291 Å². The van der Waals surface area contributed by atoms with E-state index in [9.17, 15) is 10.1 Å². The van der Waals surface area contributed by atoms with Crippen LogP contribution >= 0.6 is 27.5 Å². The van der Waals surface area contributed by atoms with Crippen LogP contribution in [0.4, 0.5) is 11.4 Å². The van der Waals surface area contributed by atoms with Gasteiger partial charge in [0.15, 0.2) is 0 Å². The predicted molar refractivity (Wildman–Crippen MR) is 198 cm³/mol. The van der Waals surface area contributed by atoms with E-state index >= 15 is 0 Å². The molecule has 1 aliphatic heterocycles. The maximum absolute atomic E-state index is 11.9. The van der Waals surface area contributed by atoms with Crippen molar-refractivity contribution in [3.63, 3.8) is 0 Å². The lowest BCUT2D eigenvalue weighted by Gasteiger charge is -2.38. The van der Waals surface area contributed by atoms with E-state index in [0.29, 0.717) is 9.50 Å². The summed E-state index contributed by atoms with van der Waals surface area (Å²) in [5, 5.41) is 12.6. The number of nitro groups is 1. The second-order valence-electron chi connectivity index (χ2n) is 13.1. The second kappa shape index (κ2) is 13.7. The van der Waals surface area contributed by atoms with Crippen molar-refractivity contribution < 1.29 is 4.92 Å². The molecule has 0 amide bonds. The lowest BCUT2D eigenvalue weighted by Crippen LogP contribution is -2.34. The Morgan fingerprint density at radius 1 is 0.979 bits per heavy atom. The van der Waals surface area contributed by atoms with Gasteiger partial charge in [0, 0.05) is 34.7 Å². The van der Waals surface area contributed by atoms with E-state index in [4.69, 9.17) is 18.2 Å². The molecule has 0 bridgehead atoms. The van der Waals surface area contributed by atoms with Crippen LogP contribution in [0.1, 0.15) is 59.9 Å². The van der Waals surface area contributed by atoms with E-state index in [1.807, 2.05) is 19.2 Å². The van der Waals surface area contributed by atoms with Gasteiger partial charge in [0.25, 0.3) is 5.69 Å². The Hall–Kier alpha value is -3.93. The number of benzene rings is 4. The van der Waals surface area contributed by atoms with Gasteiger partial charge in [-0.2, -0.15) is 0 Å². The number of anilines is 1. The van der Waals surface area contributed by atoms with Gasteiger partial charge < -0.3 is 4.90 Å². The van der Waals surface area contributed by atoms with Crippen molar-refractivity contribution in [2.24, 2.45) is 0 Å². The molecular formula is C41H40BrClN2O2. The summed E-state index contributed by atoms with van der Waals surface area (Å²) in [4.78, 5) is 13.7. The molecule has 4 aromatic carbocycles. The van der Waals surface area contributed by atoms with Crippen molar-refractivity contribution in [3.8, 4) is 0 Å². The summed E-state index contributed by atoms with van der Waals surface area (Å²) in [6.45, 7) is 6.94. The summed E-state index contributed by atoms with van der Waals surface area (Å²) < 4.78 is 0.535. The summed E-state index contributed by atoms with van der Waals surface area (Å²) in [6, 6.07) is 31.1. The Morgan fingerprint density at radius 2 is 1.60 bits per heavy atom. The highest BCUT2D eigenvalue weighted by Gasteiger charge is 2.47. The largest absolute Gasteiger partial charge is 0.347 e. The first-order valence-electron chi connectivity index (χ1n) is 16.3. The predicted octanol–water partition coefficient (Wildman–Crippen LogP) is 11.4. The molecule has 4 aromatic rings. The third kappa shape index (κ3) is 6.36. The Morgan fingerprint density at radius 3 is 2.19 bits per heavy atom. The molecule has 4 nitrogen and oxygen atoms in total. The van der Waals surface area contributed by atoms with Crippen molar-refractivity contribution in [1.82, 2.24) is 0 Å². The first kappa shape index (κ1) is 33.0. The zero-order valence-corrected chi connectivity index (χ0v) is 29.4. The summed E-state index contributed by atoms with van der Waals surface area (Å²) in [5.74, 6) is 0. The lowest BCUT2D eigenvalue weighted by atomic mass is 9.65. The van der Waals surface area contributed by atoms with Crippen LogP contribution in [-0.2, 0) is 23.7 Å². The van der Waals surface area contributed by atoms with E-state index in [0.717, 1.165) is 49.8 Å². The molecule has 1 saturated carbocycles. The SMILES string of the molecule is C=C(/C=C/C=C1/N(C)c2cc([N+](=O)[O-])c(Br)cc2C12CCCCC2)C(Cc1ccccc1)(Cc1ccccc1)c1cc(Cl)ccc1C. The number of hydrogen-bond donors (Lipinski definition) is 0. The minimum absolute atomic E-state index is 0.0928. The number of allylic oxidation sites excluding steroid dienone is 5. The molecule has 1 aliphatic carbocycles. The second-order valence-corrected chi connectivity index (χ2v) is 14.4. The molecular weight excluding hydrogens is 668 g/mol. The molecule has 0 unspecified atom stereocenters. The van der Waals surface area contributed by atoms with E-state index in [1.165, 1.54) is 39.9 Å². The molecule has 1 spiro atoms. The number of rotatable bonds is 9. The molecule has 6 rings (SSSR count). The van der Waals surface area contributed by atoms with Gasteiger partial charge in [0.1, 0.15) is 0 Å². The highest BCUT2D eigenvalue weighted by molar-refractivity contribution is 9.10. The molecule has 47 heavy (non-hydrogen) atoms. The summed E-state index contributed by atoms with van der Waals surface area (Å²) in [5.41, 5.74) is 8.53. The number of hydrogen-bond acceptors (Lipinski definition) is 3. The van der Waals surface area contributed by atoms with Crippen LogP contribution in [0.15, 0.2) is 132 Å². The molecule has 0 aromatic heterocycles. The number of aryl methyl sites for hydroxylation is 1. The van der Waals surface area contributed by atoms with Gasteiger partial charge in [0.2, 0.25) is 0 Å². The van der Waals surface area contributed by atoms with Crippen molar-refractivity contribution in [1.29, 1.82) is 0 Å². The monoisotopic (exact) mass is 706 g/mol. The van der Waals surface area contributed by atoms with Crippen molar-refractivity contribution >= 4 is 38.9 Å². The third-order valence-corrected chi connectivity index (χ3v) is 11.1. The van der Waals surface area contributed by atoms with Crippen LogP contribution in [0, 0.1) is 17.0 Å². The van der Waals surface area contributed by atoms with Gasteiger partial charge in [-0.1, -0.05) is 116 Å². The Balaban J connectivity index is 1.46. The maximum Gasteiger partial charge on any atom is 0.285 e. The lowest BCUT2D eigenvalue weighted by molar-refractivity contribution is -0.385. The average Bonchev–Trinajstić information content (AvgIpc) is 3.27. The summed E-state index contributed by atoms with van der Waals surface area (Å²) in [7, 11) is 2.04. The zero-order chi connectivity index (χ0) is 33.2. The van der Waals surface area contributed by atoms with Gasteiger partial charge in [-0.05, 0) is 106 Å². The van der Waals surface area contributed by atoms with E-state index in [1.54, 1.807) is 6.07 Å². The minimum atomic E-state index is -0.467. The van der Waals surface area contributed by atoms with Crippen LogP contribution in [-0.4, -0.2) is 12.0 Å². The van der Waals surface area contributed by atoms with E-state index in [2.05, 4.69) is 119 Å². The van der Waals surface area contributed by atoms with Gasteiger partial charge in [-0.3, -0.25) is 10.1 Å². The fraction of sp³-hybridized carbons (Fsp3) is 0.268. The molecule has 240 valence electrons. The number of fused-ring (bicyclic) bond motifs is 2. The van der Waals surface area contributed by atoms with Crippen molar-refractivity contribution in [2.75, 3.05) is 11.9 Å². The Bertz CT molecular complexity index is 1820. The molecule has 1 heterocycles. The fourth-order valence-electron chi connectivity index (χ4n) is 7.96. The van der Waals surface area contributed by atoms with Gasteiger partial charge in [0.05, 0.1) is 15.1 Å². The summed E-state index contributed by atoms with van der Waals surface area (Å²) in [6.07, 6.45) is 13.5. The van der Waals surface area contributed by atoms with Gasteiger partial charge in [-0.15, -0.1) is 0 Å². The molecule has 0 atom stereocenters. The Kier molecular flexibility index (Phi) is 9.59. The van der Waals surface area contributed by atoms with Gasteiger partial charge in [-0.25, -0.2) is 0 Å². The zero-order valence-electron chi connectivity index (χ0n) is 27.0. The van der Waals surface area contributed by atoms with E-state index in [-0.39, 0.29) is 16.0 Å². The third-order valence-electron chi connectivity index (χ3n) is 10.3. The minimum Gasteiger partial charge on any atom is -0.347 e. The van der Waals surface area contributed by atoms with Crippen LogP contribution < -0.4 is 4.90 Å². The van der Waals surface area contributed by atoms with Crippen LogP contribution in [0.25, 0.3) is 0 Å². The number of halogens is 2. The van der Waals surface area contributed by atoms with Crippen LogP contribution in [0.3, 0.4) is 0 Å². The standard InChI is InChI=1S/C41H40BrClN2O2/c1-29-20-21-33(43)24-34(29)41(27-31-15-7-4-8-16-31,28-32-17-9-5-10-18-32)30(2)14-13-19-39-40(22-11-6-12-23-40)35-25-36(42)38(45(46)47)26-37(35)44(39)3/h4-5,7-10,13-21,24-26H,2,6,11-12,22-23,27-28H2,1,3H3/b14-13+,39-19+. The van der Waals surface area contributed by atoms with Crippen molar-refractivity contribution in [2.45, 2.75) is 62.7 Å². The smallest absolute Gasteiger partial charge is 0.285 e. The number of nitro benzene ring substituents is 1. The highest BCUT2D eigenvalue weighted by atomic mass is 79.9. The molecule has 0 N–H and O–H groups in total. The quantitative estimate of drug-likeness (QED) is 0.0988. The molecule has 0 radical (unpaired) electrons.